The Morgan fingerprint density at radius 3 is 2.44 bits per heavy atom. The summed E-state index contributed by atoms with van der Waals surface area (Å²) in [5, 5.41) is 3.78. The van der Waals surface area contributed by atoms with Crippen LogP contribution in [0.4, 0.5) is 0 Å². The van der Waals surface area contributed by atoms with Crippen molar-refractivity contribution in [3.8, 4) is 0 Å². The van der Waals surface area contributed by atoms with Crippen molar-refractivity contribution in [2.24, 2.45) is 11.8 Å². The quantitative estimate of drug-likeness (QED) is 0.778. The van der Waals surface area contributed by atoms with Gasteiger partial charge in [0.2, 0.25) is 0 Å². The molecule has 1 aliphatic heterocycles. The van der Waals surface area contributed by atoms with Crippen LogP contribution in [0, 0.1) is 11.8 Å². The van der Waals surface area contributed by atoms with E-state index >= 15 is 0 Å². The zero-order valence-electron chi connectivity index (χ0n) is 12.5. The Labute approximate surface area is 113 Å². The Morgan fingerprint density at radius 2 is 1.94 bits per heavy atom. The van der Waals surface area contributed by atoms with E-state index in [2.05, 4.69) is 26.1 Å². The summed E-state index contributed by atoms with van der Waals surface area (Å²) >= 11 is 0. The summed E-state index contributed by atoms with van der Waals surface area (Å²) in [5.74, 6) is 1.68. The average molecular weight is 253 g/mol. The van der Waals surface area contributed by atoms with E-state index in [1.54, 1.807) is 0 Å². The molecule has 2 fully saturated rings. The van der Waals surface area contributed by atoms with E-state index in [1.165, 1.54) is 44.9 Å². The van der Waals surface area contributed by atoms with Crippen LogP contribution in [0.3, 0.4) is 0 Å². The third kappa shape index (κ3) is 2.91. The largest absolute Gasteiger partial charge is 0.375 e. The zero-order chi connectivity index (χ0) is 13.0. The van der Waals surface area contributed by atoms with Gasteiger partial charge in [-0.25, -0.2) is 0 Å². The lowest BCUT2D eigenvalue weighted by atomic mass is 9.68. The highest BCUT2D eigenvalue weighted by Gasteiger charge is 2.44. The Kier molecular flexibility index (Phi) is 5.08. The van der Waals surface area contributed by atoms with Gasteiger partial charge in [0, 0.05) is 12.6 Å². The van der Waals surface area contributed by atoms with Crippen LogP contribution in [0.1, 0.15) is 65.7 Å². The van der Waals surface area contributed by atoms with Crippen molar-refractivity contribution < 1.29 is 4.74 Å². The summed E-state index contributed by atoms with van der Waals surface area (Å²) < 4.78 is 6.08. The molecule has 1 aliphatic carbocycles. The van der Waals surface area contributed by atoms with E-state index in [9.17, 15) is 0 Å². The van der Waals surface area contributed by atoms with Crippen molar-refractivity contribution in [2.45, 2.75) is 77.4 Å². The zero-order valence-corrected chi connectivity index (χ0v) is 12.5. The molecule has 2 unspecified atom stereocenters. The van der Waals surface area contributed by atoms with Gasteiger partial charge in [0.25, 0.3) is 0 Å². The molecule has 0 aromatic carbocycles. The molecule has 1 heterocycles. The Balaban J connectivity index is 2.00. The van der Waals surface area contributed by atoms with Crippen molar-refractivity contribution >= 4 is 0 Å². The molecule has 2 rings (SSSR count). The molecule has 1 N–H and O–H groups in total. The van der Waals surface area contributed by atoms with Gasteiger partial charge in [0.15, 0.2) is 0 Å². The van der Waals surface area contributed by atoms with Crippen LogP contribution >= 0.6 is 0 Å². The van der Waals surface area contributed by atoms with Gasteiger partial charge in [-0.15, -0.1) is 0 Å². The maximum atomic E-state index is 6.08. The van der Waals surface area contributed by atoms with Crippen LogP contribution in [0.2, 0.25) is 0 Å². The molecule has 0 radical (unpaired) electrons. The summed E-state index contributed by atoms with van der Waals surface area (Å²) in [7, 11) is 0. The fourth-order valence-corrected chi connectivity index (χ4v) is 4.04. The second-order valence-electron chi connectivity index (χ2n) is 6.30. The van der Waals surface area contributed by atoms with Gasteiger partial charge in [-0.05, 0) is 50.5 Å². The third-order valence-electron chi connectivity index (χ3n) is 5.30. The molecule has 0 aromatic rings. The first-order chi connectivity index (χ1) is 8.74. The van der Waals surface area contributed by atoms with Crippen LogP contribution in [-0.4, -0.2) is 24.8 Å². The fraction of sp³-hybridized carbons (Fsp3) is 1.00. The Morgan fingerprint density at radius 1 is 1.22 bits per heavy atom. The summed E-state index contributed by atoms with van der Waals surface area (Å²) in [5.41, 5.74) is 0.294. The molecule has 1 saturated heterocycles. The van der Waals surface area contributed by atoms with E-state index in [0.29, 0.717) is 11.6 Å². The molecule has 106 valence electrons. The van der Waals surface area contributed by atoms with Gasteiger partial charge in [-0.2, -0.15) is 0 Å². The Hall–Kier alpha value is -0.0800. The lowest BCUT2D eigenvalue weighted by Crippen LogP contribution is -2.52. The maximum absolute atomic E-state index is 6.08. The SMILES string of the molecule is CCNC(C(CC)CC)C1CCOC2(CCC2)C1. The Bertz CT molecular complexity index is 245. The second kappa shape index (κ2) is 6.38. The van der Waals surface area contributed by atoms with Gasteiger partial charge >= 0.3 is 0 Å². The minimum absolute atomic E-state index is 0.294. The first-order valence-electron chi connectivity index (χ1n) is 8.12. The molecule has 1 saturated carbocycles. The van der Waals surface area contributed by atoms with Gasteiger partial charge in [-0.3, -0.25) is 0 Å². The van der Waals surface area contributed by atoms with Crippen LogP contribution in [0.25, 0.3) is 0 Å². The second-order valence-corrected chi connectivity index (χ2v) is 6.30. The van der Waals surface area contributed by atoms with E-state index in [-0.39, 0.29) is 0 Å². The van der Waals surface area contributed by atoms with E-state index in [0.717, 1.165) is 25.0 Å². The van der Waals surface area contributed by atoms with Gasteiger partial charge < -0.3 is 10.1 Å². The summed E-state index contributed by atoms with van der Waals surface area (Å²) in [6.07, 6.45) is 9.17. The minimum atomic E-state index is 0.294. The highest BCUT2D eigenvalue weighted by molar-refractivity contribution is 4.97. The van der Waals surface area contributed by atoms with Gasteiger partial charge in [0.1, 0.15) is 0 Å². The predicted molar refractivity (Wildman–Crippen MR) is 76.8 cm³/mol. The average Bonchev–Trinajstić information content (AvgIpc) is 2.37. The molecule has 2 heteroatoms. The standard InChI is InChI=1S/C16H31NO/c1-4-13(5-2)15(17-6-3)14-8-11-18-16(12-14)9-7-10-16/h13-15,17H,4-12H2,1-3H3. The van der Waals surface area contributed by atoms with Crippen molar-refractivity contribution in [1.82, 2.24) is 5.32 Å². The van der Waals surface area contributed by atoms with Crippen LogP contribution in [0.5, 0.6) is 0 Å². The van der Waals surface area contributed by atoms with Gasteiger partial charge in [-0.1, -0.05) is 33.6 Å². The van der Waals surface area contributed by atoms with Crippen LogP contribution in [-0.2, 0) is 4.74 Å². The van der Waals surface area contributed by atoms with E-state index in [4.69, 9.17) is 4.74 Å². The first-order valence-corrected chi connectivity index (χ1v) is 8.12. The van der Waals surface area contributed by atoms with Crippen molar-refractivity contribution in [3.63, 3.8) is 0 Å². The smallest absolute Gasteiger partial charge is 0.0685 e. The summed E-state index contributed by atoms with van der Waals surface area (Å²) in [6, 6.07) is 0.714. The van der Waals surface area contributed by atoms with Crippen LogP contribution in [0.15, 0.2) is 0 Å². The minimum Gasteiger partial charge on any atom is -0.375 e. The predicted octanol–water partition coefficient (Wildman–Crippen LogP) is 3.75. The molecule has 2 aliphatic rings. The number of hydrogen-bond acceptors (Lipinski definition) is 2. The first kappa shape index (κ1) is 14.3. The van der Waals surface area contributed by atoms with Crippen molar-refractivity contribution in [2.75, 3.05) is 13.2 Å². The normalized spacial score (nSPS) is 28.3. The molecular formula is C16H31NO. The molecule has 18 heavy (non-hydrogen) atoms. The molecule has 0 bridgehead atoms. The topological polar surface area (TPSA) is 21.3 Å². The summed E-state index contributed by atoms with van der Waals surface area (Å²) in [6.45, 7) is 9.03. The molecule has 1 spiro atoms. The maximum Gasteiger partial charge on any atom is 0.0685 e. The number of ether oxygens (including phenoxy) is 1. The fourth-order valence-electron chi connectivity index (χ4n) is 4.04. The van der Waals surface area contributed by atoms with E-state index < -0.39 is 0 Å². The van der Waals surface area contributed by atoms with Crippen molar-refractivity contribution in [1.29, 1.82) is 0 Å². The lowest BCUT2D eigenvalue weighted by Gasteiger charge is -2.50. The van der Waals surface area contributed by atoms with Gasteiger partial charge in [0.05, 0.1) is 5.60 Å². The number of nitrogens with one attached hydrogen (secondary N) is 1. The molecule has 0 aromatic heterocycles. The lowest BCUT2D eigenvalue weighted by molar-refractivity contribution is -0.149. The van der Waals surface area contributed by atoms with Crippen LogP contribution < -0.4 is 5.32 Å². The summed E-state index contributed by atoms with van der Waals surface area (Å²) in [4.78, 5) is 0. The molecular weight excluding hydrogens is 222 g/mol. The highest BCUT2D eigenvalue weighted by atomic mass is 16.5. The number of hydrogen-bond donors (Lipinski definition) is 1. The molecule has 2 nitrogen and oxygen atoms in total. The number of rotatable bonds is 6. The molecule has 0 amide bonds. The monoisotopic (exact) mass is 253 g/mol. The highest BCUT2D eigenvalue weighted by Crippen LogP contribution is 2.46. The van der Waals surface area contributed by atoms with E-state index in [1.807, 2.05) is 0 Å². The third-order valence-corrected chi connectivity index (χ3v) is 5.30. The van der Waals surface area contributed by atoms with Crippen molar-refractivity contribution in [3.05, 3.63) is 0 Å². The molecule has 2 atom stereocenters.